The van der Waals surface area contributed by atoms with Crippen LogP contribution in [0, 0.1) is 0 Å². The Balaban J connectivity index is 1.63. The lowest BCUT2D eigenvalue weighted by Gasteiger charge is -2.11. The number of ether oxygens (including phenoxy) is 1. The highest BCUT2D eigenvalue weighted by Gasteiger charge is 2.26. The lowest BCUT2D eigenvalue weighted by molar-refractivity contribution is 0.0940. The summed E-state index contributed by atoms with van der Waals surface area (Å²) < 4.78 is 6.76. The largest absolute Gasteiger partial charge is 0.497 e. The van der Waals surface area contributed by atoms with E-state index in [9.17, 15) is 4.79 Å². The fourth-order valence-electron chi connectivity index (χ4n) is 4.16. The van der Waals surface area contributed by atoms with Crippen molar-refractivity contribution in [1.29, 1.82) is 0 Å². The Labute approximate surface area is 185 Å². The number of aromatic nitrogens is 3. The monoisotopic (exact) mass is 428 g/mol. The van der Waals surface area contributed by atoms with Gasteiger partial charge in [-0.05, 0) is 42.7 Å². The summed E-state index contributed by atoms with van der Waals surface area (Å²) in [5, 5.41) is 7.66. The number of carbonyl (C=O) groups is 1. The van der Waals surface area contributed by atoms with E-state index in [0.29, 0.717) is 27.8 Å². The molecule has 3 N–H and O–H groups in total. The average Bonchev–Trinajstić information content (AvgIpc) is 3.41. The molecule has 0 aliphatic heterocycles. The van der Waals surface area contributed by atoms with Crippen molar-refractivity contribution in [3.8, 4) is 5.75 Å². The molecule has 0 spiro atoms. The van der Waals surface area contributed by atoms with Crippen LogP contribution in [-0.4, -0.2) is 39.9 Å². The molecule has 1 aliphatic carbocycles. The Morgan fingerprint density at radius 1 is 1.16 bits per heavy atom. The Bertz CT molecular complexity index is 1340. The molecule has 1 aliphatic rings. The zero-order valence-corrected chi connectivity index (χ0v) is 17.8. The van der Waals surface area contributed by atoms with Crippen LogP contribution in [-0.2, 0) is 0 Å². The van der Waals surface area contributed by atoms with Crippen LogP contribution in [0.4, 0.5) is 5.82 Å². The summed E-state index contributed by atoms with van der Waals surface area (Å²) in [6.07, 6.45) is 5.86. The lowest BCUT2D eigenvalue weighted by atomic mass is 10.2. The molecular weight excluding hydrogens is 404 g/mol. The number of nitrogens with one attached hydrogen (secondary N) is 1. The molecule has 0 atom stereocenters. The maximum Gasteiger partial charge on any atom is 0.257 e. The van der Waals surface area contributed by atoms with Crippen LogP contribution in [0.5, 0.6) is 5.75 Å². The number of benzene rings is 2. The van der Waals surface area contributed by atoms with Crippen LogP contribution >= 0.6 is 0 Å². The van der Waals surface area contributed by atoms with Crippen molar-refractivity contribution >= 4 is 40.1 Å². The second-order valence-electron chi connectivity index (χ2n) is 7.93. The molecule has 8 heteroatoms. The second-order valence-corrected chi connectivity index (χ2v) is 7.93. The van der Waals surface area contributed by atoms with Crippen LogP contribution in [0.1, 0.15) is 41.6 Å². The summed E-state index contributed by atoms with van der Waals surface area (Å²) in [4.78, 5) is 22.6. The van der Waals surface area contributed by atoms with Gasteiger partial charge in [-0.3, -0.25) is 4.79 Å². The van der Waals surface area contributed by atoms with Gasteiger partial charge in [0.15, 0.2) is 5.65 Å². The van der Waals surface area contributed by atoms with Gasteiger partial charge in [0.25, 0.3) is 5.91 Å². The fraction of sp³-hybridized carbons (Fsp3) is 0.250. The van der Waals surface area contributed by atoms with E-state index in [4.69, 9.17) is 20.4 Å². The smallest absolute Gasteiger partial charge is 0.257 e. The molecule has 2 aromatic carbocycles. The minimum absolute atomic E-state index is 0.161. The van der Waals surface area contributed by atoms with Crippen LogP contribution in [0.15, 0.2) is 53.6 Å². The van der Waals surface area contributed by atoms with E-state index in [1.54, 1.807) is 13.3 Å². The summed E-state index contributed by atoms with van der Waals surface area (Å²) in [5.41, 5.74) is 9.89. The highest BCUT2D eigenvalue weighted by molar-refractivity contribution is 6.10. The third-order valence-corrected chi connectivity index (χ3v) is 5.81. The predicted octanol–water partition coefficient (Wildman–Crippen LogP) is 3.73. The van der Waals surface area contributed by atoms with E-state index < -0.39 is 0 Å². The normalized spacial score (nSPS) is 14.5. The predicted molar refractivity (Wildman–Crippen MR) is 125 cm³/mol. The Morgan fingerprint density at radius 3 is 2.66 bits per heavy atom. The van der Waals surface area contributed by atoms with E-state index in [2.05, 4.69) is 10.4 Å². The highest BCUT2D eigenvalue weighted by Crippen LogP contribution is 2.29. The number of methoxy groups -OCH3 is 1. The summed E-state index contributed by atoms with van der Waals surface area (Å²) in [7, 11) is 1.61. The number of para-hydroxylation sites is 2. The van der Waals surface area contributed by atoms with Gasteiger partial charge in [-0.2, -0.15) is 9.78 Å². The zero-order valence-electron chi connectivity index (χ0n) is 17.8. The van der Waals surface area contributed by atoms with Gasteiger partial charge >= 0.3 is 0 Å². The number of fused-ring (bicyclic) bond motifs is 2. The molecule has 0 saturated heterocycles. The number of rotatable bonds is 5. The molecule has 1 amide bonds. The topological polar surface area (TPSA) is 107 Å². The van der Waals surface area contributed by atoms with E-state index in [1.165, 1.54) is 4.68 Å². The van der Waals surface area contributed by atoms with Crippen LogP contribution in [0.3, 0.4) is 0 Å². The number of nitrogen functional groups attached to an aromatic ring is 1. The highest BCUT2D eigenvalue weighted by atomic mass is 16.5. The van der Waals surface area contributed by atoms with Crippen molar-refractivity contribution < 1.29 is 9.53 Å². The first-order chi connectivity index (χ1) is 15.6. The maximum atomic E-state index is 13.2. The van der Waals surface area contributed by atoms with Crippen LogP contribution < -0.4 is 15.8 Å². The standard InChI is InChI=1S/C24H24N6O2/c1-32-17-10-6-7-15(13-17)14-26-30-22(25)20(24(31)27-16-8-2-3-9-16)21-23(30)29-19-12-5-4-11-18(19)28-21/h4-7,10-14,16H,2-3,8-9,25H2,1H3,(H,27,31). The van der Waals surface area contributed by atoms with Gasteiger partial charge in [-0.15, -0.1) is 0 Å². The molecule has 8 nitrogen and oxygen atoms in total. The Hall–Kier alpha value is -3.94. The van der Waals surface area contributed by atoms with E-state index in [0.717, 1.165) is 37.0 Å². The van der Waals surface area contributed by atoms with E-state index >= 15 is 0 Å². The van der Waals surface area contributed by atoms with Crippen molar-refractivity contribution in [2.24, 2.45) is 5.10 Å². The first-order valence-electron chi connectivity index (χ1n) is 10.7. The Morgan fingerprint density at radius 2 is 1.91 bits per heavy atom. The van der Waals surface area contributed by atoms with Gasteiger partial charge < -0.3 is 15.8 Å². The third-order valence-electron chi connectivity index (χ3n) is 5.81. The number of nitrogens with two attached hydrogens (primary N) is 1. The molecule has 4 aromatic rings. The van der Waals surface area contributed by atoms with Gasteiger partial charge in [-0.25, -0.2) is 9.97 Å². The average molecular weight is 428 g/mol. The van der Waals surface area contributed by atoms with Crippen molar-refractivity contribution in [3.05, 3.63) is 59.7 Å². The first-order valence-corrected chi connectivity index (χ1v) is 10.7. The number of nitrogens with zero attached hydrogens (tertiary/aromatic N) is 4. The molecule has 2 heterocycles. The van der Waals surface area contributed by atoms with Gasteiger partial charge in [0.05, 0.1) is 24.4 Å². The fourth-order valence-corrected chi connectivity index (χ4v) is 4.16. The van der Waals surface area contributed by atoms with Crippen LogP contribution in [0.2, 0.25) is 0 Å². The minimum Gasteiger partial charge on any atom is -0.497 e. The zero-order chi connectivity index (χ0) is 22.1. The van der Waals surface area contributed by atoms with E-state index in [1.807, 2.05) is 48.5 Å². The number of carbonyl (C=O) groups excluding carboxylic acids is 1. The molecule has 0 radical (unpaired) electrons. The molecule has 5 rings (SSSR count). The number of hydrogen-bond donors (Lipinski definition) is 2. The van der Waals surface area contributed by atoms with Crippen molar-refractivity contribution in [3.63, 3.8) is 0 Å². The molecule has 0 unspecified atom stereocenters. The minimum atomic E-state index is -0.237. The molecule has 1 fully saturated rings. The van der Waals surface area contributed by atoms with Crippen molar-refractivity contribution in [2.75, 3.05) is 12.8 Å². The molecular formula is C24H24N6O2. The molecule has 32 heavy (non-hydrogen) atoms. The molecule has 1 saturated carbocycles. The quantitative estimate of drug-likeness (QED) is 0.471. The summed E-state index contributed by atoms with van der Waals surface area (Å²) in [5.74, 6) is 0.700. The van der Waals surface area contributed by atoms with Crippen LogP contribution in [0.25, 0.3) is 22.2 Å². The first kappa shape index (κ1) is 20.0. The summed E-state index contributed by atoms with van der Waals surface area (Å²) in [6, 6.07) is 15.2. The maximum absolute atomic E-state index is 13.2. The van der Waals surface area contributed by atoms with Gasteiger partial charge in [0, 0.05) is 6.04 Å². The van der Waals surface area contributed by atoms with Gasteiger partial charge in [-0.1, -0.05) is 37.1 Å². The Kier molecular flexibility index (Phi) is 5.18. The van der Waals surface area contributed by atoms with Crippen molar-refractivity contribution in [1.82, 2.24) is 20.0 Å². The number of amides is 1. The summed E-state index contributed by atoms with van der Waals surface area (Å²) in [6.45, 7) is 0. The second kappa shape index (κ2) is 8.30. The number of hydrogen-bond acceptors (Lipinski definition) is 6. The molecule has 2 aromatic heterocycles. The number of anilines is 1. The molecule has 162 valence electrons. The van der Waals surface area contributed by atoms with Crippen molar-refractivity contribution in [2.45, 2.75) is 31.7 Å². The summed E-state index contributed by atoms with van der Waals surface area (Å²) >= 11 is 0. The van der Waals surface area contributed by atoms with Gasteiger partial charge in [0.1, 0.15) is 22.6 Å². The van der Waals surface area contributed by atoms with Gasteiger partial charge in [0.2, 0.25) is 0 Å². The third kappa shape index (κ3) is 3.64. The lowest BCUT2D eigenvalue weighted by Crippen LogP contribution is -2.33. The SMILES string of the molecule is COc1cccc(C=Nn2c(N)c(C(=O)NC3CCCC3)c3nc4ccccc4nc32)c1. The van der Waals surface area contributed by atoms with E-state index in [-0.39, 0.29) is 17.8 Å². The molecule has 0 bridgehead atoms.